The molecule has 0 aliphatic rings. The number of nitrogen functional groups attached to an aromatic ring is 1. The molecule has 1 atom stereocenters. The Morgan fingerprint density at radius 1 is 1.50 bits per heavy atom. The van der Waals surface area contributed by atoms with Crippen LogP contribution in [0.3, 0.4) is 0 Å². The molecule has 0 saturated heterocycles. The molecule has 1 aromatic rings. The topological polar surface area (TPSA) is 55.9 Å². The van der Waals surface area contributed by atoms with Gasteiger partial charge in [0.05, 0.1) is 11.9 Å². The second-order valence-electron chi connectivity index (χ2n) is 3.96. The molecule has 80 valence electrons. The molecule has 0 fully saturated rings. The Bertz CT molecular complexity index is 290. The van der Waals surface area contributed by atoms with Gasteiger partial charge in [0.15, 0.2) is 5.82 Å². The summed E-state index contributed by atoms with van der Waals surface area (Å²) in [6, 6.07) is 0.762. The third-order valence-corrected chi connectivity index (χ3v) is 2.28. The maximum absolute atomic E-state index is 5.84. The molecule has 0 aliphatic carbocycles. The number of nitrogens with two attached hydrogens (primary N) is 1. The fourth-order valence-corrected chi connectivity index (χ4v) is 1.12. The fourth-order valence-electron chi connectivity index (χ4n) is 1.12. The molecule has 0 spiro atoms. The van der Waals surface area contributed by atoms with E-state index < -0.39 is 0 Å². The van der Waals surface area contributed by atoms with Crippen LogP contribution in [0, 0.1) is 0 Å². The summed E-state index contributed by atoms with van der Waals surface area (Å²) in [7, 11) is 0. The molecular weight excluding hydrogens is 176 g/mol. The summed E-state index contributed by atoms with van der Waals surface area (Å²) in [6.45, 7) is 8.42. The molecular formula is C10H20N4. The first kappa shape index (κ1) is 10.9. The van der Waals surface area contributed by atoms with Crippen LogP contribution in [0.15, 0.2) is 6.20 Å². The fraction of sp³-hybridized carbons (Fsp3) is 0.700. The van der Waals surface area contributed by atoms with Crippen LogP contribution in [-0.4, -0.2) is 15.8 Å². The van der Waals surface area contributed by atoms with Crippen molar-refractivity contribution in [3.05, 3.63) is 6.20 Å². The van der Waals surface area contributed by atoms with E-state index in [0.29, 0.717) is 12.1 Å². The maximum Gasteiger partial charge on any atom is 0.171 e. The third-order valence-electron chi connectivity index (χ3n) is 2.28. The summed E-state index contributed by atoms with van der Waals surface area (Å²) >= 11 is 0. The van der Waals surface area contributed by atoms with Crippen LogP contribution in [0.4, 0.5) is 11.5 Å². The van der Waals surface area contributed by atoms with E-state index in [1.165, 1.54) is 0 Å². The summed E-state index contributed by atoms with van der Waals surface area (Å²) in [5, 5.41) is 7.66. The Hall–Kier alpha value is -1.19. The van der Waals surface area contributed by atoms with Gasteiger partial charge in [0.2, 0.25) is 0 Å². The van der Waals surface area contributed by atoms with E-state index >= 15 is 0 Å². The van der Waals surface area contributed by atoms with Gasteiger partial charge in [-0.2, -0.15) is 5.10 Å². The van der Waals surface area contributed by atoms with Crippen LogP contribution in [0.5, 0.6) is 0 Å². The number of anilines is 2. The van der Waals surface area contributed by atoms with Gasteiger partial charge in [0, 0.05) is 12.1 Å². The highest BCUT2D eigenvalue weighted by Crippen LogP contribution is 2.19. The average molecular weight is 196 g/mol. The Kier molecular flexibility index (Phi) is 3.38. The molecule has 0 aromatic carbocycles. The number of nitrogens with zero attached hydrogens (tertiary/aromatic N) is 2. The first-order valence-corrected chi connectivity index (χ1v) is 5.15. The van der Waals surface area contributed by atoms with Crippen LogP contribution < -0.4 is 11.1 Å². The van der Waals surface area contributed by atoms with Crippen molar-refractivity contribution in [2.24, 2.45) is 0 Å². The van der Waals surface area contributed by atoms with E-state index in [1.54, 1.807) is 0 Å². The first-order valence-electron chi connectivity index (χ1n) is 5.15. The number of hydrogen-bond donors (Lipinski definition) is 2. The molecule has 4 nitrogen and oxygen atoms in total. The second kappa shape index (κ2) is 4.35. The van der Waals surface area contributed by atoms with Gasteiger partial charge in [-0.15, -0.1) is 0 Å². The lowest BCUT2D eigenvalue weighted by Crippen LogP contribution is -2.15. The minimum atomic E-state index is 0.352. The van der Waals surface area contributed by atoms with E-state index in [-0.39, 0.29) is 0 Å². The molecule has 4 heteroatoms. The summed E-state index contributed by atoms with van der Waals surface area (Å²) in [5.74, 6) is 0.799. The zero-order valence-electron chi connectivity index (χ0n) is 9.41. The minimum absolute atomic E-state index is 0.352. The number of rotatable bonds is 4. The van der Waals surface area contributed by atoms with Gasteiger partial charge in [-0.1, -0.05) is 6.92 Å². The van der Waals surface area contributed by atoms with Crippen molar-refractivity contribution >= 4 is 11.5 Å². The molecule has 0 aliphatic heterocycles. The number of hydrogen-bond acceptors (Lipinski definition) is 3. The predicted octanol–water partition coefficient (Wildman–Crippen LogP) is 2.26. The molecule has 1 aromatic heterocycles. The van der Waals surface area contributed by atoms with Crippen LogP contribution >= 0.6 is 0 Å². The molecule has 3 N–H and O–H groups in total. The Balaban J connectivity index is 2.77. The van der Waals surface area contributed by atoms with Gasteiger partial charge in [-0.05, 0) is 27.2 Å². The standard InChI is InChI=1S/C10H20N4/c1-5-8(4)12-10-9(11)6-14(13-10)7(2)3/h6-8H,5,11H2,1-4H3,(H,12,13). The van der Waals surface area contributed by atoms with Gasteiger partial charge in [0.1, 0.15) is 0 Å². The van der Waals surface area contributed by atoms with Crippen molar-refractivity contribution in [1.82, 2.24) is 9.78 Å². The normalized spacial score (nSPS) is 13.2. The molecule has 1 unspecified atom stereocenters. The monoisotopic (exact) mass is 196 g/mol. The van der Waals surface area contributed by atoms with E-state index in [2.05, 4.69) is 38.1 Å². The van der Waals surface area contributed by atoms with Crippen LogP contribution in [-0.2, 0) is 0 Å². The highest BCUT2D eigenvalue weighted by atomic mass is 15.3. The lowest BCUT2D eigenvalue weighted by atomic mass is 10.2. The van der Waals surface area contributed by atoms with Crippen molar-refractivity contribution in [2.45, 2.75) is 46.2 Å². The highest BCUT2D eigenvalue weighted by Gasteiger charge is 2.09. The van der Waals surface area contributed by atoms with Gasteiger partial charge in [-0.3, -0.25) is 4.68 Å². The van der Waals surface area contributed by atoms with Gasteiger partial charge >= 0.3 is 0 Å². The van der Waals surface area contributed by atoms with Crippen LogP contribution in [0.2, 0.25) is 0 Å². The summed E-state index contributed by atoms with van der Waals surface area (Å²) in [5.41, 5.74) is 6.56. The predicted molar refractivity (Wildman–Crippen MR) is 60.4 cm³/mol. The lowest BCUT2D eigenvalue weighted by Gasteiger charge is -2.10. The van der Waals surface area contributed by atoms with Gasteiger partial charge in [-0.25, -0.2) is 0 Å². The Morgan fingerprint density at radius 3 is 2.57 bits per heavy atom. The van der Waals surface area contributed by atoms with E-state index in [9.17, 15) is 0 Å². The highest BCUT2D eigenvalue weighted by molar-refractivity contribution is 5.60. The summed E-state index contributed by atoms with van der Waals surface area (Å²) < 4.78 is 1.88. The SMILES string of the molecule is CCC(C)Nc1nn(C(C)C)cc1N. The van der Waals surface area contributed by atoms with Crippen molar-refractivity contribution in [3.8, 4) is 0 Å². The molecule has 1 heterocycles. The Morgan fingerprint density at radius 2 is 2.14 bits per heavy atom. The van der Waals surface area contributed by atoms with E-state index in [1.807, 2.05) is 10.9 Å². The minimum Gasteiger partial charge on any atom is -0.394 e. The van der Waals surface area contributed by atoms with Crippen molar-refractivity contribution < 1.29 is 0 Å². The largest absolute Gasteiger partial charge is 0.394 e. The van der Waals surface area contributed by atoms with Crippen molar-refractivity contribution in [3.63, 3.8) is 0 Å². The van der Waals surface area contributed by atoms with Gasteiger partial charge < -0.3 is 11.1 Å². The average Bonchev–Trinajstić information content (AvgIpc) is 2.48. The Labute approximate surface area is 85.5 Å². The van der Waals surface area contributed by atoms with Crippen LogP contribution in [0.1, 0.15) is 40.2 Å². The third kappa shape index (κ3) is 2.40. The molecule has 0 amide bonds. The summed E-state index contributed by atoms with van der Waals surface area (Å²) in [4.78, 5) is 0. The molecule has 0 radical (unpaired) electrons. The van der Waals surface area contributed by atoms with Crippen LogP contribution in [0.25, 0.3) is 0 Å². The molecule has 14 heavy (non-hydrogen) atoms. The number of aromatic nitrogens is 2. The van der Waals surface area contributed by atoms with E-state index in [4.69, 9.17) is 5.73 Å². The first-order chi connectivity index (χ1) is 6.54. The maximum atomic E-state index is 5.84. The van der Waals surface area contributed by atoms with Crippen molar-refractivity contribution in [2.75, 3.05) is 11.1 Å². The smallest absolute Gasteiger partial charge is 0.171 e. The summed E-state index contributed by atoms with van der Waals surface area (Å²) in [6.07, 6.45) is 2.93. The quantitative estimate of drug-likeness (QED) is 0.776. The van der Waals surface area contributed by atoms with Crippen molar-refractivity contribution in [1.29, 1.82) is 0 Å². The lowest BCUT2D eigenvalue weighted by molar-refractivity contribution is 0.533. The second-order valence-corrected chi connectivity index (χ2v) is 3.96. The van der Waals surface area contributed by atoms with Gasteiger partial charge in [0.25, 0.3) is 0 Å². The molecule has 0 bridgehead atoms. The van der Waals surface area contributed by atoms with E-state index in [0.717, 1.165) is 17.9 Å². The zero-order chi connectivity index (χ0) is 10.7. The molecule has 0 saturated carbocycles. The zero-order valence-corrected chi connectivity index (χ0v) is 9.41. The molecule has 1 rings (SSSR count). The number of nitrogens with one attached hydrogen (secondary N) is 1.